The maximum atomic E-state index is 10.4. The SMILES string of the molecule is CC(C)=CCOc1cccc(/C=C/C(=O)O)c1. The average Bonchev–Trinajstić information content (AvgIpc) is 2.26. The van der Waals surface area contributed by atoms with Crippen molar-refractivity contribution < 1.29 is 14.6 Å². The number of hydrogen-bond donors (Lipinski definition) is 1. The summed E-state index contributed by atoms with van der Waals surface area (Å²) in [6, 6.07) is 7.31. The minimum atomic E-state index is -0.958. The molecule has 0 fully saturated rings. The van der Waals surface area contributed by atoms with Crippen LogP contribution in [0.3, 0.4) is 0 Å². The fourth-order valence-corrected chi connectivity index (χ4v) is 1.18. The van der Waals surface area contributed by atoms with Crippen LogP contribution in [0.25, 0.3) is 6.08 Å². The maximum Gasteiger partial charge on any atom is 0.328 e. The van der Waals surface area contributed by atoms with Crippen LogP contribution >= 0.6 is 0 Å². The van der Waals surface area contributed by atoms with Gasteiger partial charge in [0, 0.05) is 6.08 Å². The van der Waals surface area contributed by atoms with E-state index in [2.05, 4.69) is 0 Å². The summed E-state index contributed by atoms with van der Waals surface area (Å²) < 4.78 is 5.51. The highest BCUT2D eigenvalue weighted by Crippen LogP contribution is 2.14. The molecule has 0 aliphatic carbocycles. The first-order valence-electron chi connectivity index (χ1n) is 5.35. The van der Waals surface area contributed by atoms with Gasteiger partial charge in [-0.05, 0) is 43.7 Å². The van der Waals surface area contributed by atoms with Crippen molar-refractivity contribution in [1.82, 2.24) is 0 Å². The largest absolute Gasteiger partial charge is 0.490 e. The third kappa shape index (κ3) is 5.56. The molecule has 3 nitrogen and oxygen atoms in total. The second kappa shape index (κ2) is 6.53. The Kier molecular flexibility index (Phi) is 5.01. The van der Waals surface area contributed by atoms with E-state index in [-0.39, 0.29) is 0 Å². The van der Waals surface area contributed by atoms with Crippen LogP contribution in [0.1, 0.15) is 19.4 Å². The van der Waals surface area contributed by atoms with Gasteiger partial charge in [-0.1, -0.05) is 17.7 Å². The van der Waals surface area contributed by atoms with Crippen molar-refractivity contribution in [2.24, 2.45) is 0 Å². The fourth-order valence-electron chi connectivity index (χ4n) is 1.18. The summed E-state index contributed by atoms with van der Waals surface area (Å²) in [7, 11) is 0. The molecule has 0 bridgehead atoms. The van der Waals surface area contributed by atoms with E-state index in [1.54, 1.807) is 6.07 Å². The van der Waals surface area contributed by atoms with Crippen LogP contribution in [-0.2, 0) is 4.79 Å². The maximum absolute atomic E-state index is 10.4. The Morgan fingerprint density at radius 2 is 2.18 bits per heavy atom. The Labute approximate surface area is 101 Å². The summed E-state index contributed by atoms with van der Waals surface area (Å²) in [6.45, 7) is 4.54. The first-order chi connectivity index (χ1) is 8.08. The zero-order chi connectivity index (χ0) is 12.7. The van der Waals surface area contributed by atoms with E-state index < -0.39 is 5.97 Å². The molecule has 0 radical (unpaired) electrons. The Morgan fingerprint density at radius 1 is 1.41 bits per heavy atom. The van der Waals surface area contributed by atoms with Gasteiger partial charge in [-0.3, -0.25) is 0 Å². The molecule has 1 N–H and O–H groups in total. The van der Waals surface area contributed by atoms with Crippen molar-refractivity contribution >= 4 is 12.0 Å². The number of rotatable bonds is 5. The molecule has 0 saturated carbocycles. The van der Waals surface area contributed by atoms with Crippen molar-refractivity contribution in [3.8, 4) is 5.75 Å². The molecule has 0 aromatic heterocycles. The summed E-state index contributed by atoms with van der Waals surface area (Å²) in [5.41, 5.74) is 2.01. The van der Waals surface area contributed by atoms with Crippen LogP contribution in [-0.4, -0.2) is 17.7 Å². The number of aliphatic carboxylic acids is 1. The Bertz CT molecular complexity index is 441. The van der Waals surface area contributed by atoms with Gasteiger partial charge in [0.1, 0.15) is 12.4 Å². The quantitative estimate of drug-likeness (QED) is 0.626. The van der Waals surface area contributed by atoms with Gasteiger partial charge in [0.05, 0.1) is 0 Å². The van der Waals surface area contributed by atoms with Gasteiger partial charge in [0.2, 0.25) is 0 Å². The third-order valence-electron chi connectivity index (χ3n) is 2.02. The normalized spacial score (nSPS) is 10.2. The lowest BCUT2D eigenvalue weighted by atomic mass is 10.2. The number of carboxylic acids is 1. The van der Waals surface area contributed by atoms with E-state index in [1.165, 1.54) is 11.6 Å². The van der Waals surface area contributed by atoms with Gasteiger partial charge in [0.15, 0.2) is 0 Å². The number of allylic oxidation sites excluding steroid dienone is 1. The molecule has 3 heteroatoms. The summed E-state index contributed by atoms with van der Waals surface area (Å²) in [6.07, 6.45) is 4.63. The summed E-state index contributed by atoms with van der Waals surface area (Å²) in [5, 5.41) is 8.52. The van der Waals surface area contributed by atoms with Crippen molar-refractivity contribution in [2.45, 2.75) is 13.8 Å². The summed E-state index contributed by atoms with van der Waals surface area (Å²) >= 11 is 0. The highest BCUT2D eigenvalue weighted by Gasteiger charge is 1.94. The molecule has 0 saturated heterocycles. The lowest BCUT2D eigenvalue weighted by molar-refractivity contribution is -0.131. The first kappa shape index (κ1) is 13.0. The van der Waals surface area contributed by atoms with E-state index in [9.17, 15) is 4.79 Å². The molecule has 0 aliphatic rings. The second-order valence-corrected chi connectivity index (χ2v) is 3.84. The molecule has 0 unspecified atom stereocenters. The van der Waals surface area contributed by atoms with Crippen molar-refractivity contribution in [1.29, 1.82) is 0 Å². The highest BCUT2D eigenvalue weighted by atomic mass is 16.5. The topological polar surface area (TPSA) is 46.5 Å². The Morgan fingerprint density at radius 3 is 2.82 bits per heavy atom. The Balaban J connectivity index is 2.66. The molecule has 0 heterocycles. The minimum Gasteiger partial charge on any atom is -0.490 e. The summed E-state index contributed by atoms with van der Waals surface area (Å²) in [4.78, 5) is 10.4. The molecular weight excluding hydrogens is 216 g/mol. The monoisotopic (exact) mass is 232 g/mol. The number of carbonyl (C=O) groups is 1. The standard InChI is InChI=1S/C14H16O3/c1-11(2)8-9-17-13-5-3-4-12(10-13)6-7-14(15)16/h3-8,10H,9H2,1-2H3,(H,15,16)/b7-6+. The molecule has 1 aromatic carbocycles. The van der Waals surface area contributed by atoms with Gasteiger partial charge in [0.25, 0.3) is 0 Å². The number of hydrogen-bond acceptors (Lipinski definition) is 2. The fraction of sp³-hybridized carbons (Fsp3) is 0.214. The van der Waals surface area contributed by atoms with Crippen LogP contribution in [0, 0.1) is 0 Å². The predicted octanol–water partition coefficient (Wildman–Crippen LogP) is 3.13. The average molecular weight is 232 g/mol. The Hall–Kier alpha value is -2.03. The number of carboxylic acid groups (broad SMARTS) is 1. The third-order valence-corrected chi connectivity index (χ3v) is 2.02. The molecule has 17 heavy (non-hydrogen) atoms. The van der Waals surface area contributed by atoms with Gasteiger partial charge in [-0.2, -0.15) is 0 Å². The molecular formula is C14H16O3. The van der Waals surface area contributed by atoms with Crippen LogP contribution in [0.5, 0.6) is 5.75 Å². The van der Waals surface area contributed by atoms with Gasteiger partial charge in [-0.15, -0.1) is 0 Å². The first-order valence-corrected chi connectivity index (χ1v) is 5.35. The van der Waals surface area contributed by atoms with Gasteiger partial charge < -0.3 is 9.84 Å². The van der Waals surface area contributed by atoms with E-state index in [1.807, 2.05) is 38.1 Å². The molecule has 90 valence electrons. The van der Waals surface area contributed by atoms with E-state index >= 15 is 0 Å². The van der Waals surface area contributed by atoms with Crippen LogP contribution in [0.15, 0.2) is 42.0 Å². The van der Waals surface area contributed by atoms with Crippen molar-refractivity contribution in [3.63, 3.8) is 0 Å². The van der Waals surface area contributed by atoms with Crippen molar-refractivity contribution in [3.05, 3.63) is 47.6 Å². The van der Waals surface area contributed by atoms with Gasteiger partial charge in [-0.25, -0.2) is 4.79 Å². The van der Waals surface area contributed by atoms with E-state index in [0.29, 0.717) is 6.61 Å². The molecule has 0 amide bonds. The van der Waals surface area contributed by atoms with E-state index in [0.717, 1.165) is 17.4 Å². The predicted molar refractivity (Wildman–Crippen MR) is 68.0 cm³/mol. The smallest absolute Gasteiger partial charge is 0.328 e. The molecule has 1 aromatic rings. The van der Waals surface area contributed by atoms with Crippen LogP contribution in [0.4, 0.5) is 0 Å². The minimum absolute atomic E-state index is 0.522. The number of ether oxygens (including phenoxy) is 1. The highest BCUT2D eigenvalue weighted by molar-refractivity contribution is 5.85. The zero-order valence-electron chi connectivity index (χ0n) is 10.0. The van der Waals surface area contributed by atoms with Crippen molar-refractivity contribution in [2.75, 3.05) is 6.61 Å². The molecule has 1 rings (SSSR count). The number of benzene rings is 1. The van der Waals surface area contributed by atoms with Gasteiger partial charge >= 0.3 is 5.97 Å². The van der Waals surface area contributed by atoms with Crippen LogP contribution < -0.4 is 4.74 Å². The van der Waals surface area contributed by atoms with E-state index in [4.69, 9.17) is 9.84 Å². The lowest BCUT2D eigenvalue weighted by Crippen LogP contribution is -1.94. The van der Waals surface area contributed by atoms with Crippen LogP contribution in [0.2, 0.25) is 0 Å². The zero-order valence-corrected chi connectivity index (χ0v) is 10.0. The second-order valence-electron chi connectivity index (χ2n) is 3.84. The molecule has 0 aliphatic heterocycles. The lowest BCUT2D eigenvalue weighted by Gasteiger charge is -2.04. The molecule has 0 atom stereocenters. The molecule has 0 spiro atoms. The summed E-state index contributed by atoms with van der Waals surface area (Å²) in [5.74, 6) is -0.226.